The Kier molecular flexibility index (Phi) is 5.26. The van der Waals surface area contributed by atoms with Gasteiger partial charge in [0, 0.05) is 28.7 Å². The zero-order chi connectivity index (χ0) is 17.6. The molecule has 1 heterocycles. The molecule has 6 heteroatoms. The lowest BCUT2D eigenvalue weighted by Gasteiger charge is -2.15. The molecule has 0 aliphatic heterocycles. The first kappa shape index (κ1) is 16.9. The summed E-state index contributed by atoms with van der Waals surface area (Å²) in [6, 6.07) is 16.2. The van der Waals surface area contributed by atoms with Gasteiger partial charge in [-0.25, -0.2) is 9.97 Å². The van der Waals surface area contributed by atoms with Crippen molar-refractivity contribution in [2.24, 2.45) is 0 Å². The third-order valence-corrected chi connectivity index (χ3v) is 3.92. The van der Waals surface area contributed by atoms with Gasteiger partial charge < -0.3 is 10.6 Å². The maximum atomic E-state index is 12.5. The molecular formula is C19H17ClN4O. The number of carbonyl (C=O) groups excluding carboxylic acids is 1. The Bertz CT molecular complexity index is 853. The van der Waals surface area contributed by atoms with Gasteiger partial charge >= 0.3 is 0 Å². The van der Waals surface area contributed by atoms with E-state index in [1.807, 2.05) is 43.3 Å². The third kappa shape index (κ3) is 4.55. The molecule has 3 aromatic rings. The van der Waals surface area contributed by atoms with Gasteiger partial charge in [-0.3, -0.25) is 4.79 Å². The monoisotopic (exact) mass is 352 g/mol. The number of nitrogens with one attached hydrogen (secondary N) is 2. The van der Waals surface area contributed by atoms with E-state index < -0.39 is 0 Å². The van der Waals surface area contributed by atoms with Crippen molar-refractivity contribution in [1.29, 1.82) is 0 Å². The molecule has 0 spiro atoms. The van der Waals surface area contributed by atoms with E-state index in [-0.39, 0.29) is 11.9 Å². The van der Waals surface area contributed by atoms with Gasteiger partial charge in [0.25, 0.3) is 5.91 Å². The smallest absolute Gasteiger partial charge is 0.251 e. The number of carbonyl (C=O) groups is 1. The number of rotatable bonds is 5. The lowest BCUT2D eigenvalue weighted by Crippen LogP contribution is -2.26. The standard InChI is InChI=1S/C19H17ClN4O/c1-13(14-6-8-16(20)9-7-14)23-18(25)15-4-2-5-17(12-15)24-19-21-10-3-11-22-19/h2-13H,1H3,(H,23,25)(H,21,22,24)/t13-/m1/s1. The first-order valence-corrected chi connectivity index (χ1v) is 8.20. The molecule has 0 fully saturated rings. The van der Waals surface area contributed by atoms with Crippen LogP contribution in [-0.2, 0) is 0 Å². The van der Waals surface area contributed by atoms with Gasteiger partial charge in [0.15, 0.2) is 0 Å². The van der Waals surface area contributed by atoms with Crippen LogP contribution in [0.5, 0.6) is 0 Å². The van der Waals surface area contributed by atoms with E-state index in [9.17, 15) is 4.79 Å². The SMILES string of the molecule is C[C@@H](NC(=O)c1cccc(Nc2ncccn2)c1)c1ccc(Cl)cc1. The van der Waals surface area contributed by atoms with E-state index >= 15 is 0 Å². The van der Waals surface area contributed by atoms with E-state index in [0.717, 1.165) is 11.3 Å². The molecule has 3 rings (SSSR count). The molecule has 0 aliphatic rings. The molecule has 0 aliphatic carbocycles. The Labute approximate surface area is 151 Å². The highest BCUT2D eigenvalue weighted by Gasteiger charge is 2.12. The van der Waals surface area contributed by atoms with E-state index in [1.54, 1.807) is 30.6 Å². The molecule has 2 aromatic carbocycles. The summed E-state index contributed by atoms with van der Waals surface area (Å²) >= 11 is 5.90. The molecule has 1 aromatic heterocycles. The van der Waals surface area contributed by atoms with Crippen LogP contribution in [0.4, 0.5) is 11.6 Å². The maximum Gasteiger partial charge on any atom is 0.251 e. The maximum absolute atomic E-state index is 12.5. The first-order valence-electron chi connectivity index (χ1n) is 7.82. The summed E-state index contributed by atoms with van der Waals surface area (Å²) in [6.45, 7) is 1.93. The van der Waals surface area contributed by atoms with Crippen molar-refractivity contribution < 1.29 is 4.79 Å². The number of nitrogens with zero attached hydrogens (tertiary/aromatic N) is 2. The molecule has 0 bridgehead atoms. The Balaban J connectivity index is 1.69. The van der Waals surface area contributed by atoms with Crippen molar-refractivity contribution >= 4 is 29.1 Å². The Morgan fingerprint density at radius 2 is 1.76 bits per heavy atom. The predicted octanol–water partition coefficient (Wildman–Crippen LogP) is 4.36. The minimum Gasteiger partial charge on any atom is -0.346 e. The highest BCUT2D eigenvalue weighted by atomic mass is 35.5. The predicted molar refractivity (Wildman–Crippen MR) is 99.1 cm³/mol. The van der Waals surface area contributed by atoms with Crippen molar-refractivity contribution in [1.82, 2.24) is 15.3 Å². The Morgan fingerprint density at radius 3 is 2.48 bits per heavy atom. The van der Waals surface area contributed by atoms with Crippen molar-refractivity contribution in [3.8, 4) is 0 Å². The number of halogens is 1. The lowest BCUT2D eigenvalue weighted by molar-refractivity contribution is 0.0940. The fourth-order valence-corrected chi connectivity index (χ4v) is 2.47. The summed E-state index contributed by atoms with van der Waals surface area (Å²) in [5.41, 5.74) is 2.30. The number of amides is 1. The van der Waals surface area contributed by atoms with Crippen LogP contribution in [0.2, 0.25) is 5.02 Å². The van der Waals surface area contributed by atoms with Gasteiger partial charge in [-0.1, -0.05) is 29.8 Å². The molecule has 2 N–H and O–H groups in total. The Morgan fingerprint density at radius 1 is 1.04 bits per heavy atom. The highest BCUT2D eigenvalue weighted by Crippen LogP contribution is 2.18. The molecule has 0 saturated heterocycles. The fraction of sp³-hybridized carbons (Fsp3) is 0.105. The summed E-state index contributed by atoms with van der Waals surface area (Å²) in [4.78, 5) is 20.7. The molecule has 0 saturated carbocycles. The quantitative estimate of drug-likeness (QED) is 0.715. The van der Waals surface area contributed by atoms with Gasteiger partial charge in [0.1, 0.15) is 0 Å². The van der Waals surface area contributed by atoms with Crippen molar-refractivity contribution in [3.63, 3.8) is 0 Å². The second kappa shape index (κ2) is 7.77. The summed E-state index contributed by atoms with van der Waals surface area (Å²) in [5, 5.41) is 6.73. The average Bonchev–Trinajstić information content (AvgIpc) is 2.63. The minimum atomic E-state index is -0.153. The normalized spacial score (nSPS) is 11.6. The molecule has 25 heavy (non-hydrogen) atoms. The van der Waals surface area contributed by atoms with Crippen LogP contribution < -0.4 is 10.6 Å². The molecule has 126 valence electrons. The number of hydrogen-bond acceptors (Lipinski definition) is 4. The van der Waals surface area contributed by atoms with Crippen LogP contribution in [0.15, 0.2) is 67.0 Å². The highest BCUT2D eigenvalue weighted by molar-refractivity contribution is 6.30. The number of benzene rings is 2. The lowest BCUT2D eigenvalue weighted by atomic mass is 10.1. The third-order valence-electron chi connectivity index (χ3n) is 3.66. The minimum absolute atomic E-state index is 0.126. The van der Waals surface area contributed by atoms with Gasteiger partial charge in [0.2, 0.25) is 5.95 Å². The summed E-state index contributed by atoms with van der Waals surface area (Å²) in [7, 11) is 0. The summed E-state index contributed by atoms with van der Waals surface area (Å²) in [6.07, 6.45) is 3.30. The molecule has 5 nitrogen and oxygen atoms in total. The second-order valence-electron chi connectivity index (χ2n) is 5.52. The zero-order valence-corrected chi connectivity index (χ0v) is 14.4. The summed E-state index contributed by atoms with van der Waals surface area (Å²) in [5.74, 6) is 0.328. The second-order valence-corrected chi connectivity index (χ2v) is 5.96. The van der Waals surface area contributed by atoms with E-state index in [0.29, 0.717) is 16.5 Å². The molecule has 0 radical (unpaired) electrons. The van der Waals surface area contributed by atoms with Gasteiger partial charge in [-0.15, -0.1) is 0 Å². The van der Waals surface area contributed by atoms with Crippen LogP contribution in [0, 0.1) is 0 Å². The summed E-state index contributed by atoms with van der Waals surface area (Å²) < 4.78 is 0. The first-order chi connectivity index (χ1) is 12.1. The fourth-order valence-electron chi connectivity index (χ4n) is 2.35. The topological polar surface area (TPSA) is 66.9 Å². The van der Waals surface area contributed by atoms with Gasteiger partial charge in [0.05, 0.1) is 6.04 Å². The number of aromatic nitrogens is 2. The van der Waals surface area contributed by atoms with Crippen LogP contribution >= 0.6 is 11.6 Å². The average molecular weight is 353 g/mol. The molecule has 0 unspecified atom stereocenters. The van der Waals surface area contributed by atoms with Crippen LogP contribution in [0.3, 0.4) is 0 Å². The van der Waals surface area contributed by atoms with E-state index in [2.05, 4.69) is 20.6 Å². The number of anilines is 2. The van der Waals surface area contributed by atoms with E-state index in [1.165, 1.54) is 0 Å². The van der Waals surface area contributed by atoms with Crippen LogP contribution in [0.1, 0.15) is 28.9 Å². The van der Waals surface area contributed by atoms with Crippen molar-refractivity contribution in [2.75, 3.05) is 5.32 Å². The van der Waals surface area contributed by atoms with Crippen molar-refractivity contribution in [3.05, 3.63) is 83.1 Å². The van der Waals surface area contributed by atoms with Gasteiger partial charge in [-0.05, 0) is 48.9 Å². The van der Waals surface area contributed by atoms with Crippen molar-refractivity contribution in [2.45, 2.75) is 13.0 Å². The molecule has 1 amide bonds. The zero-order valence-electron chi connectivity index (χ0n) is 13.6. The number of hydrogen-bond donors (Lipinski definition) is 2. The largest absolute Gasteiger partial charge is 0.346 e. The van der Waals surface area contributed by atoms with Gasteiger partial charge in [-0.2, -0.15) is 0 Å². The van der Waals surface area contributed by atoms with Crippen LogP contribution in [0.25, 0.3) is 0 Å². The van der Waals surface area contributed by atoms with Crippen LogP contribution in [-0.4, -0.2) is 15.9 Å². The Hall–Kier alpha value is -2.92. The van der Waals surface area contributed by atoms with E-state index in [4.69, 9.17) is 11.6 Å². The molecule has 1 atom stereocenters. The molecular weight excluding hydrogens is 336 g/mol.